The summed E-state index contributed by atoms with van der Waals surface area (Å²) in [6.07, 6.45) is 1.21. The number of nitrogens with zero attached hydrogens (tertiary/aromatic N) is 1. The Balaban J connectivity index is 2.35. The SMILES string of the molecule is CC1=C(C(=O)O)C(c2ccccc2F)c2c(nc[nH]c2=O)N1. The number of fused-ring (bicyclic) bond motifs is 1. The molecule has 3 rings (SSSR count). The van der Waals surface area contributed by atoms with Crippen LogP contribution in [0.15, 0.2) is 46.7 Å². The van der Waals surface area contributed by atoms with Gasteiger partial charge in [0.05, 0.1) is 23.4 Å². The molecule has 1 aliphatic heterocycles. The molecule has 112 valence electrons. The molecule has 0 saturated heterocycles. The van der Waals surface area contributed by atoms with Gasteiger partial charge in [-0.15, -0.1) is 0 Å². The van der Waals surface area contributed by atoms with Crippen LogP contribution in [0.5, 0.6) is 0 Å². The lowest BCUT2D eigenvalue weighted by molar-refractivity contribution is -0.133. The van der Waals surface area contributed by atoms with Crippen molar-refractivity contribution in [3.63, 3.8) is 0 Å². The summed E-state index contributed by atoms with van der Waals surface area (Å²) >= 11 is 0. The second kappa shape index (κ2) is 5.10. The number of nitrogens with one attached hydrogen (secondary N) is 2. The van der Waals surface area contributed by atoms with Gasteiger partial charge in [-0.05, 0) is 13.0 Å². The number of benzene rings is 1. The van der Waals surface area contributed by atoms with Gasteiger partial charge < -0.3 is 15.4 Å². The molecule has 2 aromatic rings. The van der Waals surface area contributed by atoms with Crippen molar-refractivity contribution in [1.29, 1.82) is 0 Å². The number of aromatic amines is 1. The summed E-state index contributed by atoms with van der Waals surface area (Å²) in [7, 11) is 0. The first-order valence-corrected chi connectivity index (χ1v) is 6.53. The lowest BCUT2D eigenvalue weighted by atomic mass is 9.82. The molecular formula is C15H12FN3O3. The molecule has 2 heterocycles. The van der Waals surface area contributed by atoms with Crippen molar-refractivity contribution in [2.75, 3.05) is 5.32 Å². The third-order valence-electron chi connectivity index (χ3n) is 3.62. The van der Waals surface area contributed by atoms with Crippen LogP contribution < -0.4 is 10.9 Å². The number of hydrogen-bond donors (Lipinski definition) is 3. The fourth-order valence-electron chi connectivity index (χ4n) is 2.69. The van der Waals surface area contributed by atoms with Crippen LogP contribution in [0.25, 0.3) is 0 Å². The number of hydrogen-bond acceptors (Lipinski definition) is 4. The van der Waals surface area contributed by atoms with Gasteiger partial charge >= 0.3 is 5.97 Å². The summed E-state index contributed by atoms with van der Waals surface area (Å²) < 4.78 is 14.2. The van der Waals surface area contributed by atoms with E-state index in [0.717, 1.165) is 0 Å². The Hall–Kier alpha value is -2.96. The van der Waals surface area contributed by atoms with Gasteiger partial charge in [0.2, 0.25) is 0 Å². The van der Waals surface area contributed by atoms with Crippen LogP contribution >= 0.6 is 0 Å². The molecule has 3 N–H and O–H groups in total. The van der Waals surface area contributed by atoms with E-state index in [9.17, 15) is 19.1 Å². The third-order valence-corrected chi connectivity index (χ3v) is 3.62. The van der Waals surface area contributed by atoms with Crippen molar-refractivity contribution in [3.8, 4) is 0 Å². The largest absolute Gasteiger partial charge is 0.478 e. The molecule has 0 fully saturated rings. The van der Waals surface area contributed by atoms with E-state index in [1.807, 2.05) is 0 Å². The minimum Gasteiger partial charge on any atom is -0.478 e. The van der Waals surface area contributed by atoms with Crippen LogP contribution in [0.2, 0.25) is 0 Å². The van der Waals surface area contributed by atoms with Crippen molar-refractivity contribution >= 4 is 11.8 Å². The monoisotopic (exact) mass is 301 g/mol. The molecule has 7 heteroatoms. The molecule has 22 heavy (non-hydrogen) atoms. The quantitative estimate of drug-likeness (QED) is 0.786. The number of rotatable bonds is 2. The van der Waals surface area contributed by atoms with Gasteiger partial charge in [0.15, 0.2) is 0 Å². The number of carboxylic acid groups (broad SMARTS) is 1. The average molecular weight is 301 g/mol. The number of aliphatic carboxylic acids is 1. The maximum absolute atomic E-state index is 14.2. The molecule has 0 radical (unpaired) electrons. The van der Waals surface area contributed by atoms with E-state index in [0.29, 0.717) is 5.70 Å². The van der Waals surface area contributed by atoms with Crippen LogP contribution in [0, 0.1) is 5.82 Å². The number of carbonyl (C=O) groups is 1. The predicted molar refractivity (Wildman–Crippen MR) is 77.1 cm³/mol. The average Bonchev–Trinajstić information content (AvgIpc) is 2.46. The summed E-state index contributed by atoms with van der Waals surface area (Å²) in [6, 6.07) is 5.80. The first kappa shape index (κ1) is 14.0. The molecule has 0 spiro atoms. The van der Waals surface area contributed by atoms with E-state index in [1.54, 1.807) is 13.0 Å². The Morgan fingerprint density at radius 1 is 1.36 bits per heavy atom. The number of allylic oxidation sites excluding steroid dienone is 1. The standard InChI is InChI=1S/C15H12FN3O3/c1-7-10(15(21)22)11(8-4-2-3-5-9(8)16)12-13(19-7)17-6-18-14(12)20/h2-6,11H,1H3,(H,21,22)(H2,17,18,19,20). The minimum atomic E-state index is -1.22. The van der Waals surface area contributed by atoms with Crippen molar-refractivity contribution in [1.82, 2.24) is 9.97 Å². The molecule has 0 bridgehead atoms. The summed E-state index contributed by atoms with van der Waals surface area (Å²) in [4.78, 5) is 30.2. The minimum absolute atomic E-state index is 0.0731. The Morgan fingerprint density at radius 3 is 2.77 bits per heavy atom. The van der Waals surface area contributed by atoms with E-state index in [2.05, 4.69) is 15.3 Å². The maximum Gasteiger partial charge on any atom is 0.334 e. The molecule has 0 amide bonds. The fourth-order valence-corrected chi connectivity index (χ4v) is 2.69. The molecule has 6 nitrogen and oxygen atoms in total. The zero-order valence-electron chi connectivity index (χ0n) is 11.6. The van der Waals surface area contributed by atoms with Gasteiger partial charge in [-0.25, -0.2) is 14.2 Å². The van der Waals surface area contributed by atoms with Gasteiger partial charge in [-0.2, -0.15) is 0 Å². The highest BCUT2D eigenvalue weighted by molar-refractivity contribution is 5.92. The van der Waals surface area contributed by atoms with E-state index >= 15 is 0 Å². The van der Waals surface area contributed by atoms with Crippen molar-refractivity contribution in [2.45, 2.75) is 12.8 Å². The lowest BCUT2D eigenvalue weighted by Crippen LogP contribution is -2.30. The van der Waals surface area contributed by atoms with E-state index < -0.39 is 23.3 Å². The molecule has 0 aliphatic carbocycles. The van der Waals surface area contributed by atoms with Gasteiger partial charge in [0.25, 0.3) is 5.56 Å². The van der Waals surface area contributed by atoms with Crippen molar-refractivity contribution in [2.24, 2.45) is 0 Å². The lowest BCUT2D eigenvalue weighted by Gasteiger charge is -2.27. The third kappa shape index (κ3) is 2.07. The summed E-state index contributed by atoms with van der Waals surface area (Å²) in [5.41, 5.74) is -0.0319. The highest BCUT2D eigenvalue weighted by Crippen LogP contribution is 2.39. The highest BCUT2D eigenvalue weighted by atomic mass is 19.1. The Kier molecular flexibility index (Phi) is 3.25. The van der Waals surface area contributed by atoms with Gasteiger partial charge in [-0.3, -0.25) is 4.79 Å². The molecule has 1 aliphatic rings. The molecule has 1 unspecified atom stereocenters. The van der Waals surface area contributed by atoms with Gasteiger partial charge in [-0.1, -0.05) is 18.2 Å². The van der Waals surface area contributed by atoms with E-state index in [1.165, 1.54) is 24.5 Å². The molecule has 1 atom stereocenters. The summed E-state index contributed by atoms with van der Waals surface area (Å²) in [5, 5.41) is 12.3. The summed E-state index contributed by atoms with van der Waals surface area (Å²) in [6.45, 7) is 1.56. The number of carboxylic acids is 1. The Morgan fingerprint density at radius 2 is 2.09 bits per heavy atom. The summed E-state index contributed by atoms with van der Waals surface area (Å²) in [5.74, 6) is -2.57. The van der Waals surface area contributed by atoms with Crippen molar-refractivity contribution in [3.05, 3.63) is 69.2 Å². The van der Waals surface area contributed by atoms with Crippen molar-refractivity contribution < 1.29 is 14.3 Å². The Labute approximate surface area is 124 Å². The first-order valence-electron chi connectivity index (χ1n) is 6.53. The van der Waals surface area contributed by atoms with Gasteiger partial charge in [0.1, 0.15) is 11.6 Å². The van der Waals surface area contributed by atoms with Gasteiger partial charge in [0, 0.05) is 11.3 Å². The fraction of sp³-hybridized carbons (Fsp3) is 0.133. The normalized spacial score (nSPS) is 16.9. The molecular weight excluding hydrogens is 289 g/mol. The number of H-pyrrole nitrogens is 1. The van der Waals surface area contributed by atoms with Crippen LogP contribution in [0.1, 0.15) is 24.0 Å². The van der Waals surface area contributed by atoms with Crippen LogP contribution in [0.4, 0.5) is 10.2 Å². The molecule has 1 aromatic carbocycles. The maximum atomic E-state index is 14.2. The second-order valence-electron chi connectivity index (χ2n) is 4.92. The molecule has 0 saturated carbocycles. The highest BCUT2D eigenvalue weighted by Gasteiger charge is 2.36. The van der Waals surface area contributed by atoms with E-state index in [4.69, 9.17) is 0 Å². The second-order valence-corrected chi connectivity index (χ2v) is 4.92. The number of halogens is 1. The van der Waals surface area contributed by atoms with Crippen LogP contribution in [-0.4, -0.2) is 21.0 Å². The van der Waals surface area contributed by atoms with E-state index in [-0.39, 0.29) is 22.5 Å². The smallest absolute Gasteiger partial charge is 0.334 e. The zero-order chi connectivity index (χ0) is 15.9. The number of anilines is 1. The Bertz CT molecular complexity index is 857. The zero-order valence-corrected chi connectivity index (χ0v) is 11.6. The molecule has 1 aromatic heterocycles. The van der Waals surface area contributed by atoms with Crippen LogP contribution in [-0.2, 0) is 4.79 Å². The van der Waals surface area contributed by atoms with Crippen LogP contribution in [0.3, 0.4) is 0 Å². The predicted octanol–water partition coefficient (Wildman–Crippen LogP) is 1.82. The first-order chi connectivity index (χ1) is 10.5. The topological polar surface area (TPSA) is 95.1 Å². The number of aromatic nitrogens is 2.